The molecule has 3 aromatic carbocycles. The molecule has 3 amide bonds. The number of imide groups is 1. The first kappa shape index (κ1) is 21.8. The van der Waals surface area contributed by atoms with Crippen LogP contribution < -0.4 is 10.2 Å². The highest BCUT2D eigenvalue weighted by molar-refractivity contribution is 8.00. The molecule has 0 spiro atoms. The maximum Gasteiger partial charge on any atom is 0.247 e. The molecule has 1 atom stereocenters. The molecule has 1 fully saturated rings. The third-order valence-corrected chi connectivity index (χ3v) is 6.68. The Hall–Kier alpha value is -3.38. The summed E-state index contributed by atoms with van der Waals surface area (Å²) in [5.74, 6) is -0.457. The van der Waals surface area contributed by atoms with E-state index in [1.54, 1.807) is 0 Å². The van der Waals surface area contributed by atoms with Crippen LogP contribution in [0.25, 0.3) is 0 Å². The summed E-state index contributed by atoms with van der Waals surface area (Å²) >= 11 is 1.37. The molecule has 0 saturated carbocycles. The Morgan fingerprint density at radius 2 is 1.69 bits per heavy atom. The molecule has 3 aromatic rings. The Morgan fingerprint density at radius 3 is 2.38 bits per heavy atom. The van der Waals surface area contributed by atoms with Crippen molar-refractivity contribution in [1.29, 1.82) is 0 Å². The van der Waals surface area contributed by atoms with Crippen LogP contribution in [0.1, 0.15) is 23.1 Å². The van der Waals surface area contributed by atoms with Crippen LogP contribution in [0, 0.1) is 13.8 Å². The van der Waals surface area contributed by atoms with Gasteiger partial charge in [0.2, 0.25) is 17.7 Å². The van der Waals surface area contributed by atoms with Gasteiger partial charge in [0.15, 0.2) is 0 Å². The maximum atomic E-state index is 12.9. The summed E-state index contributed by atoms with van der Waals surface area (Å²) in [4.78, 5) is 39.9. The summed E-state index contributed by atoms with van der Waals surface area (Å²) in [6.07, 6.45) is 0.482. The van der Waals surface area contributed by atoms with Gasteiger partial charge in [-0.15, -0.1) is 11.8 Å². The van der Waals surface area contributed by atoms with Crippen molar-refractivity contribution in [2.45, 2.75) is 36.8 Å². The monoisotopic (exact) mass is 444 g/mol. The Kier molecular flexibility index (Phi) is 6.42. The van der Waals surface area contributed by atoms with Crippen LogP contribution in [0.15, 0.2) is 77.7 Å². The molecule has 0 bridgehead atoms. The number of amides is 3. The van der Waals surface area contributed by atoms with E-state index in [9.17, 15) is 14.4 Å². The maximum absolute atomic E-state index is 12.9. The first-order valence-corrected chi connectivity index (χ1v) is 11.3. The van der Waals surface area contributed by atoms with Crippen LogP contribution in [-0.2, 0) is 20.8 Å². The second-order valence-electron chi connectivity index (χ2n) is 7.88. The van der Waals surface area contributed by atoms with Crippen molar-refractivity contribution in [1.82, 2.24) is 0 Å². The summed E-state index contributed by atoms with van der Waals surface area (Å²) in [6.45, 7) is 3.97. The van der Waals surface area contributed by atoms with Gasteiger partial charge < -0.3 is 5.32 Å². The van der Waals surface area contributed by atoms with Gasteiger partial charge in [-0.1, -0.05) is 36.4 Å². The summed E-state index contributed by atoms with van der Waals surface area (Å²) in [6, 6.07) is 22.5. The number of thioether (sulfide) groups is 1. The van der Waals surface area contributed by atoms with Crippen LogP contribution in [0.5, 0.6) is 0 Å². The zero-order valence-corrected chi connectivity index (χ0v) is 18.8. The summed E-state index contributed by atoms with van der Waals surface area (Å²) in [5.41, 5.74) is 4.44. The number of aryl methyl sites for hydroxylation is 2. The molecule has 0 aromatic heterocycles. The van der Waals surface area contributed by atoms with E-state index in [4.69, 9.17) is 0 Å². The predicted molar refractivity (Wildman–Crippen MR) is 128 cm³/mol. The average Bonchev–Trinajstić information content (AvgIpc) is 3.05. The molecule has 1 heterocycles. The number of benzene rings is 3. The van der Waals surface area contributed by atoms with Gasteiger partial charge in [0.05, 0.1) is 17.4 Å². The number of carbonyl (C=O) groups excluding carboxylic acids is 3. The topological polar surface area (TPSA) is 66.5 Å². The second-order valence-corrected chi connectivity index (χ2v) is 9.16. The van der Waals surface area contributed by atoms with Crippen LogP contribution >= 0.6 is 11.8 Å². The zero-order chi connectivity index (χ0) is 22.7. The highest BCUT2D eigenvalue weighted by Gasteiger charge is 2.40. The number of rotatable bonds is 6. The van der Waals surface area contributed by atoms with E-state index in [0.29, 0.717) is 17.8 Å². The van der Waals surface area contributed by atoms with Crippen molar-refractivity contribution in [3.05, 3.63) is 89.5 Å². The Bertz CT molecular complexity index is 1160. The third-order valence-electron chi connectivity index (χ3n) is 5.48. The number of anilines is 2. The third kappa shape index (κ3) is 4.92. The van der Waals surface area contributed by atoms with Gasteiger partial charge in [0.1, 0.15) is 0 Å². The highest BCUT2D eigenvalue weighted by Crippen LogP contribution is 2.34. The van der Waals surface area contributed by atoms with Crippen molar-refractivity contribution in [3.63, 3.8) is 0 Å². The van der Waals surface area contributed by atoms with Crippen LogP contribution in [-0.4, -0.2) is 23.0 Å². The van der Waals surface area contributed by atoms with Crippen molar-refractivity contribution >= 4 is 40.9 Å². The number of nitrogens with one attached hydrogen (secondary N) is 1. The average molecular weight is 445 g/mol. The first-order chi connectivity index (χ1) is 15.4. The first-order valence-electron chi connectivity index (χ1n) is 10.5. The van der Waals surface area contributed by atoms with Gasteiger partial charge in [-0.25, -0.2) is 4.90 Å². The fraction of sp³-hybridized carbons (Fsp3) is 0.192. The van der Waals surface area contributed by atoms with E-state index in [2.05, 4.69) is 5.32 Å². The molecule has 6 heteroatoms. The predicted octanol–water partition coefficient (Wildman–Crippen LogP) is 4.91. The molecular formula is C26H24N2O3S. The number of carbonyl (C=O) groups is 3. The SMILES string of the molecule is Cc1ccc(N2C(=O)C[C@H](Sc3ccc(NC(=O)Cc4ccccc4)cc3)C2=O)cc1C. The largest absolute Gasteiger partial charge is 0.326 e. The van der Waals surface area contributed by atoms with E-state index in [1.807, 2.05) is 86.6 Å². The van der Waals surface area contributed by atoms with Crippen molar-refractivity contribution < 1.29 is 14.4 Å². The fourth-order valence-corrected chi connectivity index (χ4v) is 4.65. The lowest BCUT2D eigenvalue weighted by Crippen LogP contribution is -2.31. The molecule has 0 radical (unpaired) electrons. The minimum absolute atomic E-state index is 0.0859. The molecule has 0 aliphatic carbocycles. The van der Waals surface area contributed by atoms with Gasteiger partial charge in [-0.2, -0.15) is 0 Å². The van der Waals surface area contributed by atoms with Gasteiger partial charge in [-0.05, 0) is 66.9 Å². The van der Waals surface area contributed by atoms with E-state index in [1.165, 1.54) is 16.7 Å². The molecule has 5 nitrogen and oxygen atoms in total. The number of hydrogen-bond acceptors (Lipinski definition) is 4. The summed E-state index contributed by atoms with van der Waals surface area (Å²) in [7, 11) is 0. The van der Waals surface area contributed by atoms with E-state index in [0.717, 1.165) is 21.6 Å². The standard InChI is InChI=1S/C26H24N2O3S/c1-17-8-11-21(14-18(17)2)28-25(30)16-23(26(28)31)32-22-12-9-20(10-13-22)27-24(29)15-19-6-4-3-5-7-19/h3-14,23H,15-16H2,1-2H3,(H,27,29)/t23-/m0/s1. The second kappa shape index (κ2) is 9.40. The van der Waals surface area contributed by atoms with Crippen molar-refractivity contribution in [2.75, 3.05) is 10.2 Å². The molecule has 0 unspecified atom stereocenters. The molecule has 4 rings (SSSR count). The minimum atomic E-state index is -0.456. The molecule has 32 heavy (non-hydrogen) atoms. The Labute approximate surface area is 191 Å². The molecule has 1 saturated heterocycles. The smallest absolute Gasteiger partial charge is 0.247 e. The molecular weight excluding hydrogens is 420 g/mol. The molecule has 162 valence electrons. The van der Waals surface area contributed by atoms with Crippen LogP contribution in [0.3, 0.4) is 0 Å². The fourth-order valence-electron chi connectivity index (χ4n) is 3.60. The lowest BCUT2D eigenvalue weighted by molar-refractivity contribution is -0.121. The molecule has 1 N–H and O–H groups in total. The van der Waals surface area contributed by atoms with Crippen LogP contribution in [0.2, 0.25) is 0 Å². The zero-order valence-electron chi connectivity index (χ0n) is 18.0. The molecule has 1 aliphatic heterocycles. The Balaban J connectivity index is 1.38. The summed E-state index contributed by atoms with van der Waals surface area (Å²) < 4.78 is 0. The van der Waals surface area contributed by atoms with E-state index >= 15 is 0 Å². The minimum Gasteiger partial charge on any atom is -0.326 e. The number of hydrogen-bond donors (Lipinski definition) is 1. The Morgan fingerprint density at radius 1 is 0.969 bits per heavy atom. The summed E-state index contributed by atoms with van der Waals surface area (Å²) in [5, 5.41) is 2.43. The lowest BCUT2D eigenvalue weighted by Gasteiger charge is -2.16. The van der Waals surface area contributed by atoms with Crippen LogP contribution in [0.4, 0.5) is 11.4 Å². The number of nitrogens with zero attached hydrogens (tertiary/aromatic N) is 1. The van der Waals surface area contributed by atoms with Gasteiger partial charge in [0.25, 0.3) is 0 Å². The van der Waals surface area contributed by atoms with E-state index < -0.39 is 5.25 Å². The van der Waals surface area contributed by atoms with Gasteiger partial charge in [-0.3, -0.25) is 14.4 Å². The van der Waals surface area contributed by atoms with E-state index in [-0.39, 0.29) is 24.1 Å². The van der Waals surface area contributed by atoms with Gasteiger partial charge in [0, 0.05) is 17.0 Å². The van der Waals surface area contributed by atoms with Gasteiger partial charge >= 0.3 is 0 Å². The van der Waals surface area contributed by atoms with Crippen molar-refractivity contribution in [3.8, 4) is 0 Å². The highest BCUT2D eigenvalue weighted by atomic mass is 32.2. The quantitative estimate of drug-likeness (QED) is 0.549. The molecule has 1 aliphatic rings. The normalized spacial score (nSPS) is 15.8. The van der Waals surface area contributed by atoms with Crippen molar-refractivity contribution in [2.24, 2.45) is 0 Å². The lowest BCUT2D eigenvalue weighted by atomic mass is 10.1.